The number of phenols is 1. The van der Waals surface area contributed by atoms with Gasteiger partial charge in [0.2, 0.25) is 0 Å². The Kier molecular flexibility index (Phi) is 5.46. The molecule has 2 rings (SSSR count). The van der Waals surface area contributed by atoms with Gasteiger partial charge in [0, 0.05) is 6.20 Å². The summed E-state index contributed by atoms with van der Waals surface area (Å²) in [6.45, 7) is 1.84. The number of allylic oxidation sites excluding steroid dienone is 2. The molecule has 0 radical (unpaired) electrons. The minimum atomic E-state index is -0.733. The van der Waals surface area contributed by atoms with E-state index in [0.717, 1.165) is 5.56 Å². The van der Waals surface area contributed by atoms with Crippen LogP contribution < -0.4 is 4.90 Å². The Balaban J connectivity index is 2.75. The Hall–Kier alpha value is -2.54. The summed E-state index contributed by atoms with van der Waals surface area (Å²) >= 11 is 3.27. The van der Waals surface area contributed by atoms with Crippen molar-refractivity contribution in [2.24, 2.45) is 0 Å². The second kappa shape index (κ2) is 7.35. The fourth-order valence-electron chi connectivity index (χ4n) is 2.25. The summed E-state index contributed by atoms with van der Waals surface area (Å²) in [5, 5.41) is 10.4. The van der Waals surface area contributed by atoms with Crippen molar-refractivity contribution in [3.63, 3.8) is 0 Å². The first kappa shape index (κ1) is 17.8. The van der Waals surface area contributed by atoms with Crippen LogP contribution in [-0.2, 0) is 19.1 Å². The smallest absolute Gasteiger partial charge is 0.355 e. The number of nitrogens with zero attached hydrogens (tertiary/aromatic N) is 1. The monoisotopic (exact) mass is 393 g/mol. The molecule has 0 fully saturated rings. The lowest BCUT2D eigenvalue weighted by Crippen LogP contribution is -2.27. The molecule has 1 N–H and O–H groups in total. The molecule has 24 heavy (non-hydrogen) atoms. The van der Waals surface area contributed by atoms with Crippen molar-refractivity contribution >= 4 is 33.6 Å². The molecule has 0 atom stereocenters. The van der Waals surface area contributed by atoms with Crippen molar-refractivity contribution in [2.75, 3.05) is 19.1 Å². The van der Waals surface area contributed by atoms with Crippen molar-refractivity contribution < 1.29 is 24.2 Å². The predicted octanol–water partition coefficient (Wildman–Crippen LogP) is 2.95. The molecule has 6 nitrogen and oxygen atoms in total. The molecular formula is C17H16BrNO5. The number of anilines is 1. The molecule has 1 aromatic carbocycles. The average Bonchev–Trinajstić information content (AvgIpc) is 2.79. The maximum absolute atomic E-state index is 12.3. The van der Waals surface area contributed by atoms with E-state index in [1.807, 2.05) is 6.92 Å². The highest BCUT2D eigenvalue weighted by Crippen LogP contribution is 2.39. The Labute approximate surface area is 147 Å². The number of halogens is 1. The van der Waals surface area contributed by atoms with E-state index in [9.17, 15) is 14.7 Å². The number of methoxy groups -OCH3 is 2. The van der Waals surface area contributed by atoms with E-state index in [-0.39, 0.29) is 17.0 Å². The predicted molar refractivity (Wildman–Crippen MR) is 92.4 cm³/mol. The van der Waals surface area contributed by atoms with Gasteiger partial charge in [-0.3, -0.25) is 0 Å². The largest absolute Gasteiger partial charge is 0.505 e. The standard InChI is InChI=1S/C17H16BrNO5/c1-10-8-12(18)15(20)13(9-10)19-7-5-4-6-11(16(21)23-2)14(19)17(22)24-3/h4-9,20H,1-3H3. The van der Waals surface area contributed by atoms with Gasteiger partial charge >= 0.3 is 11.9 Å². The molecule has 1 heterocycles. The van der Waals surface area contributed by atoms with Crippen LogP contribution in [-0.4, -0.2) is 31.3 Å². The number of aromatic hydroxyl groups is 1. The van der Waals surface area contributed by atoms with Gasteiger partial charge in [-0.2, -0.15) is 0 Å². The zero-order valence-corrected chi connectivity index (χ0v) is 15.0. The number of esters is 2. The van der Waals surface area contributed by atoms with Crippen LogP contribution in [0, 0.1) is 6.92 Å². The summed E-state index contributed by atoms with van der Waals surface area (Å²) in [5.74, 6) is -1.49. The molecule has 1 aromatic rings. The zero-order valence-electron chi connectivity index (χ0n) is 13.4. The normalized spacial score (nSPS) is 13.8. The van der Waals surface area contributed by atoms with Gasteiger partial charge in [0.25, 0.3) is 0 Å². The number of rotatable bonds is 3. The summed E-state index contributed by atoms with van der Waals surface area (Å²) in [5.41, 5.74) is 1.14. The van der Waals surface area contributed by atoms with Gasteiger partial charge in [-0.25, -0.2) is 9.59 Å². The number of aryl methyl sites for hydroxylation is 1. The number of carbonyl (C=O) groups is 2. The Bertz CT molecular complexity index is 779. The molecule has 0 aliphatic carbocycles. The van der Waals surface area contributed by atoms with Crippen LogP contribution >= 0.6 is 15.9 Å². The minimum absolute atomic E-state index is 0.0198. The highest BCUT2D eigenvalue weighted by molar-refractivity contribution is 9.10. The zero-order chi connectivity index (χ0) is 17.9. The van der Waals surface area contributed by atoms with Crippen molar-refractivity contribution in [3.8, 4) is 5.75 Å². The van der Waals surface area contributed by atoms with Crippen molar-refractivity contribution in [3.05, 3.63) is 57.9 Å². The first-order valence-corrected chi connectivity index (χ1v) is 7.74. The average molecular weight is 394 g/mol. The summed E-state index contributed by atoms with van der Waals surface area (Å²) in [6.07, 6.45) is 6.24. The highest BCUT2D eigenvalue weighted by atomic mass is 79.9. The number of carbonyl (C=O) groups excluding carboxylic acids is 2. The first-order chi connectivity index (χ1) is 11.4. The quantitative estimate of drug-likeness (QED) is 0.795. The van der Waals surface area contributed by atoms with Gasteiger partial charge < -0.3 is 19.5 Å². The van der Waals surface area contributed by atoms with Crippen LogP contribution in [0.4, 0.5) is 5.69 Å². The second-order valence-corrected chi connectivity index (χ2v) is 5.78. The molecule has 1 aliphatic heterocycles. The van der Waals surface area contributed by atoms with Crippen LogP contribution in [0.2, 0.25) is 0 Å². The van der Waals surface area contributed by atoms with Gasteiger partial charge in [0.1, 0.15) is 5.70 Å². The maximum atomic E-state index is 12.3. The molecule has 7 heteroatoms. The number of hydrogen-bond donors (Lipinski definition) is 1. The third-order valence-electron chi connectivity index (χ3n) is 3.34. The number of hydrogen-bond acceptors (Lipinski definition) is 6. The SMILES string of the molecule is COC(=O)C1=C(C(=O)OC)N(c2cc(C)cc(Br)c2O)C=CC=C1. The van der Waals surface area contributed by atoms with E-state index in [2.05, 4.69) is 15.9 Å². The van der Waals surface area contributed by atoms with E-state index in [1.54, 1.807) is 30.5 Å². The lowest BCUT2D eigenvalue weighted by atomic mass is 10.1. The maximum Gasteiger partial charge on any atom is 0.355 e. The van der Waals surface area contributed by atoms with Crippen LogP contribution in [0.3, 0.4) is 0 Å². The van der Waals surface area contributed by atoms with Crippen molar-refractivity contribution in [1.82, 2.24) is 0 Å². The number of benzene rings is 1. The van der Waals surface area contributed by atoms with Crippen LogP contribution in [0.25, 0.3) is 0 Å². The van der Waals surface area contributed by atoms with Gasteiger partial charge in [0.15, 0.2) is 5.75 Å². The van der Waals surface area contributed by atoms with E-state index in [1.165, 1.54) is 25.2 Å². The van der Waals surface area contributed by atoms with Gasteiger partial charge in [-0.15, -0.1) is 0 Å². The Morgan fingerprint density at radius 2 is 1.79 bits per heavy atom. The Morgan fingerprint density at radius 1 is 1.12 bits per heavy atom. The molecule has 126 valence electrons. The molecule has 0 saturated heterocycles. The van der Waals surface area contributed by atoms with E-state index >= 15 is 0 Å². The third-order valence-corrected chi connectivity index (χ3v) is 3.94. The molecule has 0 saturated carbocycles. The third kappa shape index (κ3) is 3.35. The molecular weight excluding hydrogens is 378 g/mol. The van der Waals surface area contributed by atoms with Crippen molar-refractivity contribution in [2.45, 2.75) is 6.92 Å². The first-order valence-electron chi connectivity index (χ1n) is 6.94. The van der Waals surface area contributed by atoms with Crippen LogP contribution in [0.1, 0.15) is 5.56 Å². The van der Waals surface area contributed by atoms with E-state index in [4.69, 9.17) is 9.47 Å². The van der Waals surface area contributed by atoms with Crippen molar-refractivity contribution in [1.29, 1.82) is 0 Å². The highest BCUT2D eigenvalue weighted by Gasteiger charge is 2.29. The minimum Gasteiger partial charge on any atom is -0.505 e. The van der Waals surface area contributed by atoms with E-state index in [0.29, 0.717) is 10.2 Å². The molecule has 0 bridgehead atoms. The summed E-state index contributed by atoms with van der Waals surface area (Å²) < 4.78 is 10.0. The fraction of sp³-hybridized carbons (Fsp3) is 0.176. The topological polar surface area (TPSA) is 76.1 Å². The lowest BCUT2D eigenvalue weighted by Gasteiger charge is -2.24. The molecule has 0 aromatic heterocycles. The van der Waals surface area contributed by atoms with Crippen LogP contribution in [0.5, 0.6) is 5.75 Å². The molecule has 1 aliphatic rings. The molecule has 0 unspecified atom stereocenters. The van der Waals surface area contributed by atoms with Gasteiger partial charge in [0.05, 0.1) is 30.0 Å². The molecule has 0 spiro atoms. The second-order valence-electron chi connectivity index (χ2n) is 4.93. The molecule has 0 amide bonds. The Morgan fingerprint density at radius 3 is 2.42 bits per heavy atom. The fourth-order valence-corrected chi connectivity index (χ4v) is 2.82. The summed E-state index contributed by atoms with van der Waals surface area (Å²) in [6, 6.07) is 3.43. The van der Waals surface area contributed by atoms with Gasteiger partial charge in [-0.1, -0.05) is 6.08 Å². The summed E-state index contributed by atoms with van der Waals surface area (Å²) in [7, 11) is 2.44. The van der Waals surface area contributed by atoms with Gasteiger partial charge in [-0.05, 0) is 52.7 Å². The van der Waals surface area contributed by atoms with E-state index < -0.39 is 11.9 Å². The number of phenolic OH excluding ortho intramolecular Hbond substituents is 1. The van der Waals surface area contributed by atoms with Crippen LogP contribution in [0.15, 0.2) is 52.3 Å². The summed E-state index contributed by atoms with van der Waals surface area (Å²) in [4.78, 5) is 25.8. The lowest BCUT2D eigenvalue weighted by molar-refractivity contribution is -0.139. The number of ether oxygens (including phenoxy) is 2.